The summed E-state index contributed by atoms with van der Waals surface area (Å²) in [7, 11) is 1.64. The molecule has 0 unspecified atom stereocenters. The number of carbonyl (C=O) groups excluding carboxylic acids is 1. The van der Waals surface area contributed by atoms with E-state index in [-0.39, 0.29) is 12.5 Å². The van der Waals surface area contributed by atoms with Gasteiger partial charge in [0.15, 0.2) is 17.5 Å². The first-order valence-electron chi connectivity index (χ1n) is 9.73. The molecule has 1 amide bonds. The van der Waals surface area contributed by atoms with Crippen molar-refractivity contribution in [3.63, 3.8) is 0 Å². The SMILES string of the molecule is CCCNC(=O)CN=C(NCC)NCCCc1ccc(OC)c(OCC)c1. The van der Waals surface area contributed by atoms with Crippen molar-refractivity contribution >= 4 is 11.9 Å². The number of nitrogens with zero attached hydrogens (tertiary/aromatic N) is 1. The van der Waals surface area contributed by atoms with Crippen molar-refractivity contribution in [3.8, 4) is 11.5 Å². The molecule has 0 radical (unpaired) electrons. The molecule has 0 saturated carbocycles. The molecule has 0 bridgehead atoms. The highest BCUT2D eigenvalue weighted by Gasteiger charge is 2.06. The lowest BCUT2D eigenvalue weighted by Crippen LogP contribution is -2.39. The summed E-state index contributed by atoms with van der Waals surface area (Å²) in [6, 6.07) is 6.02. The topological polar surface area (TPSA) is 84.0 Å². The minimum absolute atomic E-state index is 0.0595. The Bertz CT molecular complexity index is 591. The van der Waals surface area contributed by atoms with Gasteiger partial charge in [-0.3, -0.25) is 4.79 Å². The number of hydrogen-bond acceptors (Lipinski definition) is 4. The molecule has 27 heavy (non-hydrogen) atoms. The van der Waals surface area contributed by atoms with Crippen molar-refractivity contribution in [2.75, 3.05) is 39.9 Å². The highest BCUT2D eigenvalue weighted by atomic mass is 16.5. The van der Waals surface area contributed by atoms with Gasteiger partial charge in [0.2, 0.25) is 5.91 Å². The Morgan fingerprint density at radius 2 is 1.89 bits per heavy atom. The summed E-state index contributed by atoms with van der Waals surface area (Å²) < 4.78 is 10.9. The average molecular weight is 379 g/mol. The maximum atomic E-state index is 11.7. The number of carbonyl (C=O) groups is 1. The average Bonchev–Trinajstić information content (AvgIpc) is 2.68. The van der Waals surface area contributed by atoms with Gasteiger partial charge >= 0.3 is 0 Å². The van der Waals surface area contributed by atoms with Gasteiger partial charge in [-0.25, -0.2) is 4.99 Å². The number of methoxy groups -OCH3 is 1. The number of benzene rings is 1. The molecular weight excluding hydrogens is 344 g/mol. The first-order chi connectivity index (χ1) is 13.1. The van der Waals surface area contributed by atoms with Crippen LogP contribution in [-0.4, -0.2) is 51.8 Å². The molecule has 1 aromatic rings. The van der Waals surface area contributed by atoms with Gasteiger partial charge in [-0.1, -0.05) is 13.0 Å². The van der Waals surface area contributed by atoms with Crippen molar-refractivity contribution in [2.45, 2.75) is 40.0 Å². The monoisotopic (exact) mass is 378 g/mol. The largest absolute Gasteiger partial charge is 0.493 e. The lowest BCUT2D eigenvalue weighted by atomic mass is 10.1. The first kappa shape index (κ1) is 22.6. The second kappa shape index (κ2) is 13.7. The number of aliphatic imine (C=N–C) groups is 1. The summed E-state index contributed by atoms with van der Waals surface area (Å²) in [4.78, 5) is 16.0. The molecule has 0 fully saturated rings. The minimum atomic E-state index is -0.0595. The van der Waals surface area contributed by atoms with Crippen LogP contribution in [0.25, 0.3) is 0 Å². The number of aryl methyl sites for hydroxylation is 1. The highest BCUT2D eigenvalue weighted by Crippen LogP contribution is 2.28. The molecule has 7 nitrogen and oxygen atoms in total. The van der Waals surface area contributed by atoms with E-state index in [2.05, 4.69) is 27.0 Å². The van der Waals surface area contributed by atoms with E-state index in [0.29, 0.717) is 19.1 Å². The lowest BCUT2D eigenvalue weighted by molar-refractivity contribution is -0.119. The molecule has 0 saturated heterocycles. The zero-order valence-electron chi connectivity index (χ0n) is 17.1. The number of nitrogens with one attached hydrogen (secondary N) is 3. The Morgan fingerprint density at radius 3 is 2.56 bits per heavy atom. The number of guanidine groups is 1. The van der Waals surface area contributed by atoms with Crippen molar-refractivity contribution < 1.29 is 14.3 Å². The second-order valence-corrected chi connectivity index (χ2v) is 5.99. The fourth-order valence-electron chi connectivity index (χ4n) is 2.46. The second-order valence-electron chi connectivity index (χ2n) is 5.99. The maximum absolute atomic E-state index is 11.7. The standard InChI is InChI=1S/C20H34N4O3/c1-5-12-22-19(25)15-24-20(21-6-2)23-13-8-9-16-10-11-17(26-4)18(14-16)27-7-3/h10-11,14H,5-9,12-13,15H2,1-4H3,(H,22,25)(H2,21,23,24). The first-order valence-corrected chi connectivity index (χ1v) is 9.73. The molecular formula is C20H34N4O3. The third kappa shape index (κ3) is 9.17. The third-order valence-corrected chi connectivity index (χ3v) is 3.76. The van der Waals surface area contributed by atoms with Crippen LogP contribution in [0.1, 0.15) is 39.2 Å². The fraction of sp³-hybridized carbons (Fsp3) is 0.600. The van der Waals surface area contributed by atoms with E-state index >= 15 is 0 Å². The molecule has 7 heteroatoms. The van der Waals surface area contributed by atoms with Crippen LogP contribution in [0.4, 0.5) is 0 Å². The van der Waals surface area contributed by atoms with E-state index in [1.165, 1.54) is 5.56 Å². The lowest BCUT2D eigenvalue weighted by Gasteiger charge is -2.13. The van der Waals surface area contributed by atoms with E-state index in [1.807, 2.05) is 32.9 Å². The van der Waals surface area contributed by atoms with Crippen LogP contribution >= 0.6 is 0 Å². The molecule has 0 aliphatic rings. The van der Waals surface area contributed by atoms with E-state index in [0.717, 1.165) is 43.9 Å². The summed E-state index contributed by atoms with van der Waals surface area (Å²) in [6.45, 7) is 8.92. The fourth-order valence-corrected chi connectivity index (χ4v) is 2.46. The molecule has 0 aromatic heterocycles. The van der Waals surface area contributed by atoms with Crippen LogP contribution in [-0.2, 0) is 11.2 Å². The van der Waals surface area contributed by atoms with E-state index in [1.54, 1.807) is 7.11 Å². The van der Waals surface area contributed by atoms with Gasteiger partial charge < -0.3 is 25.4 Å². The van der Waals surface area contributed by atoms with Crippen LogP contribution in [0.15, 0.2) is 23.2 Å². The molecule has 0 atom stereocenters. The van der Waals surface area contributed by atoms with Gasteiger partial charge in [-0.15, -0.1) is 0 Å². The van der Waals surface area contributed by atoms with Crippen LogP contribution < -0.4 is 25.4 Å². The van der Waals surface area contributed by atoms with Gasteiger partial charge in [-0.2, -0.15) is 0 Å². The Kier molecular flexibility index (Phi) is 11.5. The van der Waals surface area contributed by atoms with Crippen molar-refractivity contribution in [3.05, 3.63) is 23.8 Å². The molecule has 0 aliphatic carbocycles. The highest BCUT2D eigenvalue weighted by molar-refractivity contribution is 5.84. The Balaban J connectivity index is 2.47. The van der Waals surface area contributed by atoms with Crippen molar-refractivity contribution in [1.82, 2.24) is 16.0 Å². The summed E-state index contributed by atoms with van der Waals surface area (Å²) >= 11 is 0. The molecule has 3 N–H and O–H groups in total. The molecule has 152 valence electrons. The molecule has 0 aliphatic heterocycles. The number of ether oxygens (including phenoxy) is 2. The molecule has 0 heterocycles. The van der Waals surface area contributed by atoms with Crippen LogP contribution in [0.3, 0.4) is 0 Å². The Labute approximate surface area is 162 Å². The Hall–Kier alpha value is -2.44. The third-order valence-electron chi connectivity index (χ3n) is 3.76. The normalized spacial score (nSPS) is 11.0. The van der Waals surface area contributed by atoms with Gasteiger partial charge in [0.25, 0.3) is 0 Å². The number of hydrogen-bond donors (Lipinski definition) is 3. The van der Waals surface area contributed by atoms with Gasteiger partial charge in [-0.05, 0) is 50.8 Å². The summed E-state index contributed by atoms with van der Waals surface area (Å²) in [5.41, 5.74) is 1.20. The Morgan fingerprint density at radius 1 is 1.07 bits per heavy atom. The summed E-state index contributed by atoms with van der Waals surface area (Å²) in [6.07, 6.45) is 2.77. The zero-order valence-corrected chi connectivity index (χ0v) is 17.1. The quantitative estimate of drug-likeness (QED) is 0.295. The number of rotatable bonds is 12. The summed E-state index contributed by atoms with van der Waals surface area (Å²) in [5, 5.41) is 9.24. The van der Waals surface area contributed by atoms with E-state index in [4.69, 9.17) is 9.47 Å². The van der Waals surface area contributed by atoms with Crippen molar-refractivity contribution in [2.24, 2.45) is 4.99 Å². The molecule has 0 spiro atoms. The van der Waals surface area contributed by atoms with Gasteiger partial charge in [0.1, 0.15) is 6.54 Å². The molecule has 1 rings (SSSR count). The van der Waals surface area contributed by atoms with E-state index in [9.17, 15) is 4.79 Å². The van der Waals surface area contributed by atoms with Crippen LogP contribution in [0.5, 0.6) is 11.5 Å². The summed E-state index contributed by atoms with van der Waals surface area (Å²) in [5.74, 6) is 2.13. The van der Waals surface area contributed by atoms with Gasteiger partial charge in [0.05, 0.1) is 13.7 Å². The number of amides is 1. The van der Waals surface area contributed by atoms with E-state index < -0.39 is 0 Å². The molecule has 1 aromatic carbocycles. The van der Waals surface area contributed by atoms with Crippen LogP contribution in [0, 0.1) is 0 Å². The predicted octanol–water partition coefficient (Wildman–Crippen LogP) is 2.11. The zero-order chi connectivity index (χ0) is 19.9. The smallest absolute Gasteiger partial charge is 0.241 e. The predicted molar refractivity (Wildman–Crippen MR) is 110 cm³/mol. The van der Waals surface area contributed by atoms with Gasteiger partial charge in [0, 0.05) is 19.6 Å². The minimum Gasteiger partial charge on any atom is -0.493 e. The maximum Gasteiger partial charge on any atom is 0.241 e. The van der Waals surface area contributed by atoms with Crippen LogP contribution in [0.2, 0.25) is 0 Å². The van der Waals surface area contributed by atoms with Crippen molar-refractivity contribution in [1.29, 1.82) is 0 Å².